The lowest BCUT2D eigenvalue weighted by molar-refractivity contribution is -0.127. The quantitative estimate of drug-likeness (QED) is 0.821. The van der Waals surface area contributed by atoms with Gasteiger partial charge in [-0.15, -0.1) is 0 Å². The van der Waals surface area contributed by atoms with Gasteiger partial charge in [0.25, 0.3) is 0 Å². The average Bonchev–Trinajstić information content (AvgIpc) is 2.48. The summed E-state index contributed by atoms with van der Waals surface area (Å²) in [6.07, 6.45) is 8.45. The van der Waals surface area contributed by atoms with Gasteiger partial charge in [-0.2, -0.15) is 0 Å². The van der Waals surface area contributed by atoms with Crippen LogP contribution in [0.5, 0.6) is 0 Å². The Morgan fingerprint density at radius 2 is 2.00 bits per heavy atom. The Balaban J connectivity index is 1.74. The first-order valence-electron chi connectivity index (χ1n) is 8.21. The number of hydrogen-bond acceptors (Lipinski definition) is 2. The highest BCUT2D eigenvalue weighted by molar-refractivity contribution is 5.79. The van der Waals surface area contributed by atoms with Crippen LogP contribution in [0.15, 0.2) is 0 Å². The van der Waals surface area contributed by atoms with Crippen LogP contribution in [0.25, 0.3) is 0 Å². The van der Waals surface area contributed by atoms with Crippen molar-refractivity contribution in [3.8, 4) is 0 Å². The first kappa shape index (κ1) is 14.8. The summed E-state index contributed by atoms with van der Waals surface area (Å²) in [5.74, 6) is 2.07. The molecule has 2 aliphatic rings. The summed E-state index contributed by atoms with van der Waals surface area (Å²) < 4.78 is 0. The molecule has 0 aromatic heterocycles. The van der Waals surface area contributed by atoms with Gasteiger partial charge >= 0.3 is 0 Å². The minimum Gasteiger partial charge on any atom is -0.353 e. The van der Waals surface area contributed by atoms with Gasteiger partial charge in [-0.05, 0) is 70.4 Å². The molecule has 0 aromatic carbocycles. The Morgan fingerprint density at radius 3 is 2.58 bits per heavy atom. The fraction of sp³-hybridized carbons (Fsp3) is 0.938. The van der Waals surface area contributed by atoms with Gasteiger partial charge in [0.05, 0.1) is 0 Å². The maximum absolute atomic E-state index is 12.3. The lowest BCUT2D eigenvalue weighted by Crippen LogP contribution is -2.46. The molecule has 1 aliphatic carbocycles. The number of rotatable bonds is 4. The van der Waals surface area contributed by atoms with Crippen LogP contribution < -0.4 is 10.6 Å². The van der Waals surface area contributed by atoms with Gasteiger partial charge in [-0.1, -0.05) is 13.3 Å². The zero-order valence-electron chi connectivity index (χ0n) is 12.6. The fourth-order valence-corrected chi connectivity index (χ4v) is 3.60. The molecule has 1 heterocycles. The number of amides is 1. The molecule has 1 saturated heterocycles. The fourth-order valence-electron chi connectivity index (χ4n) is 3.60. The summed E-state index contributed by atoms with van der Waals surface area (Å²) in [6.45, 7) is 6.64. The molecule has 19 heavy (non-hydrogen) atoms. The second kappa shape index (κ2) is 7.28. The number of carbonyl (C=O) groups excluding carboxylic acids is 1. The van der Waals surface area contributed by atoms with Crippen molar-refractivity contribution in [2.75, 3.05) is 13.1 Å². The van der Waals surface area contributed by atoms with E-state index in [4.69, 9.17) is 0 Å². The maximum atomic E-state index is 12.3. The molecular weight excluding hydrogens is 236 g/mol. The van der Waals surface area contributed by atoms with E-state index in [9.17, 15) is 4.79 Å². The van der Waals surface area contributed by atoms with Gasteiger partial charge < -0.3 is 10.6 Å². The molecule has 2 atom stereocenters. The summed E-state index contributed by atoms with van der Waals surface area (Å²) in [5.41, 5.74) is 0. The van der Waals surface area contributed by atoms with Gasteiger partial charge in [0.15, 0.2) is 0 Å². The van der Waals surface area contributed by atoms with Crippen molar-refractivity contribution in [2.24, 2.45) is 17.8 Å². The van der Waals surface area contributed by atoms with Crippen LogP contribution in [-0.2, 0) is 4.79 Å². The van der Waals surface area contributed by atoms with E-state index >= 15 is 0 Å². The predicted octanol–water partition coefficient (Wildman–Crippen LogP) is 2.71. The van der Waals surface area contributed by atoms with Crippen molar-refractivity contribution >= 4 is 5.91 Å². The summed E-state index contributed by atoms with van der Waals surface area (Å²) in [5, 5.41) is 6.70. The van der Waals surface area contributed by atoms with Gasteiger partial charge in [-0.3, -0.25) is 4.79 Å². The third kappa shape index (κ3) is 4.20. The SMILES string of the molecule is CCC1CCC(C(=O)NC(C)C2CCCNC2)CC1. The molecule has 0 radical (unpaired) electrons. The first-order valence-corrected chi connectivity index (χ1v) is 8.21. The third-order valence-corrected chi connectivity index (χ3v) is 5.21. The summed E-state index contributed by atoms with van der Waals surface area (Å²) in [4.78, 5) is 12.3. The van der Waals surface area contributed by atoms with Crippen molar-refractivity contribution in [3.63, 3.8) is 0 Å². The van der Waals surface area contributed by atoms with Gasteiger partial charge in [0, 0.05) is 12.0 Å². The topological polar surface area (TPSA) is 41.1 Å². The Labute approximate surface area is 117 Å². The minimum atomic E-state index is 0.279. The second-order valence-corrected chi connectivity index (χ2v) is 6.53. The molecule has 0 spiro atoms. The Kier molecular flexibility index (Phi) is 5.68. The Morgan fingerprint density at radius 1 is 1.26 bits per heavy atom. The molecule has 3 heteroatoms. The van der Waals surface area contributed by atoms with Crippen LogP contribution in [0.4, 0.5) is 0 Å². The zero-order chi connectivity index (χ0) is 13.7. The molecular formula is C16H30N2O. The summed E-state index contributed by atoms with van der Waals surface area (Å²) in [7, 11) is 0. The number of hydrogen-bond donors (Lipinski definition) is 2. The van der Waals surface area contributed by atoms with Crippen molar-refractivity contribution in [1.29, 1.82) is 0 Å². The standard InChI is InChI=1S/C16H30N2O/c1-3-13-6-8-14(9-7-13)16(19)18-12(2)15-5-4-10-17-11-15/h12-15,17H,3-11H2,1-2H3,(H,18,19). The highest BCUT2D eigenvalue weighted by Crippen LogP contribution is 2.30. The van der Waals surface area contributed by atoms with Crippen molar-refractivity contribution in [1.82, 2.24) is 10.6 Å². The monoisotopic (exact) mass is 266 g/mol. The van der Waals surface area contributed by atoms with E-state index in [0.29, 0.717) is 17.9 Å². The third-order valence-electron chi connectivity index (χ3n) is 5.21. The van der Waals surface area contributed by atoms with E-state index < -0.39 is 0 Å². The van der Waals surface area contributed by atoms with Crippen LogP contribution in [0.3, 0.4) is 0 Å². The maximum Gasteiger partial charge on any atom is 0.223 e. The Hall–Kier alpha value is -0.570. The van der Waals surface area contributed by atoms with E-state index in [1.54, 1.807) is 0 Å². The van der Waals surface area contributed by atoms with E-state index in [1.165, 1.54) is 32.1 Å². The molecule has 1 aliphatic heterocycles. The van der Waals surface area contributed by atoms with E-state index in [2.05, 4.69) is 24.5 Å². The molecule has 110 valence electrons. The molecule has 2 N–H and O–H groups in total. The summed E-state index contributed by atoms with van der Waals surface area (Å²) in [6, 6.07) is 0.323. The molecule has 0 aromatic rings. The van der Waals surface area contributed by atoms with Gasteiger partial charge in [0.2, 0.25) is 5.91 Å². The van der Waals surface area contributed by atoms with E-state index in [0.717, 1.165) is 31.8 Å². The van der Waals surface area contributed by atoms with Crippen LogP contribution in [-0.4, -0.2) is 25.0 Å². The smallest absolute Gasteiger partial charge is 0.223 e. The first-order chi connectivity index (χ1) is 9.20. The van der Waals surface area contributed by atoms with Crippen molar-refractivity contribution in [3.05, 3.63) is 0 Å². The lowest BCUT2D eigenvalue weighted by Gasteiger charge is -2.32. The highest BCUT2D eigenvalue weighted by atomic mass is 16.1. The van der Waals surface area contributed by atoms with Crippen molar-refractivity contribution < 1.29 is 4.79 Å². The van der Waals surface area contributed by atoms with E-state index in [1.807, 2.05) is 0 Å². The molecule has 2 fully saturated rings. The number of carbonyl (C=O) groups is 1. The number of piperidine rings is 1. The molecule has 2 rings (SSSR count). The van der Waals surface area contributed by atoms with Crippen LogP contribution >= 0.6 is 0 Å². The normalized spacial score (nSPS) is 33.7. The highest BCUT2D eigenvalue weighted by Gasteiger charge is 2.28. The zero-order valence-corrected chi connectivity index (χ0v) is 12.6. The molecule has 1 saturated carbocycles. The molecule has 3 nitrogen and oxygen atoms in total. The second-order valence-electron chi connectivity index (χ2n) is 6.53. The Bertz CT molecular complexity index is 278. The van der Waals surface area contributed by atoms with Crippen LogP contribution in [0.1, 0.15) is 58.8 Å². The van der Waals surface area contributed by atoms with E-state index in [-0.39, 0.29) is 5.92 Å². The largest absolute Gasteiger partial charge is 0.353 e. The number of nitrogens with one attached hydrogen (secondary N) is 2. The average molecular weight is 266 g/mol. The summed E-state index contributed by atoms with van der Waals surface area (Å²) >= 11 is 0. The van der Waals surface area contributed by atoms with Gasteiger partial charge in [-0.25, -0.2) is 0 Å². The minimum absolute atomic E-state index is 0.279. The van der Waals surface area contributed by atoms with Crippen molar-refractivity contribution in [2.45, 2.75) is 64.8 Å². The molecule has 2 unspecified atom stereocenters. The van der Waals surface area contributed by atoms with Gasteiger partial charge in [0.1, 0.15) is 0 Å². The van der Waals surface area contributed by atoms with Crippen LogP contribution in [0.2, 0.25) is 0 Å². The van der Waals surface area contributed by atoms with Crippen LogP contribution in [0, 0.1) is 17.8 Å². The molecule has 0 bridgehead atoms. The lowest BCUT2D eigenvalue weighted by atomic mass is 9.80. The predicted molar refractivity (Wildman–Crippen MR) is 78.9 cm³/mol. The molecule has 1 amide bonds.